The molecule has 1 amide bonds. The van der Waals surface area contributed by atoms with Crippen molar-refractivity contribution in [3.05, 3.63) is 65.9 Å². The van der Waals surface area contributed by atoms with Crippen molar-refractivity contribution in [2.75, 3.05) is 38.2 Å². The molecule has 0 atom stereocenters. The molecule has 4 rings (SSSR count). The Morgan fingerprint density at radius 2 is 1.82 bits per heavy atom. The molecular weight excluding hydrogens is 354 g/mol. The zero-order chi connectivity index (χ0) is 19.5. The molecule has 1 aliphatic heterocycles. The van der Waals surface area contributed by atoms with E-state index < -0.39 is 0 Å². The number of aryl methyl sites for hydroxylation is 1. The number of anilines is 1. The average Bonchev–Trinajstić information content (AvgIpc) is 3.23. The summed E-state index contributed by atoms with van der Waals surface area (Å²) in [4.78, 5) is 17.2. The van der Waals surface area contributed by atoms with Gasteiger partial charge >= 0.3 is 0 Å². The lowest BCUT2D eigenvalue weighted by Crippen LogP contribution is -2.48. The van der Waals surface area contributed by atoms with E-state index in [2.05, 4.69) is 41.2 Å². The molecule has 1 fully saturated rings. The Bertz CT molecular complexity index is 957. The van der Waals surface area contributed by atoms with Crippen molar-refractivity contribution in [3.8, 4) is 17.1 Å². The van der Waals surface area contributed by atoms with Crippen LogP contribution in [0.2, 0.25) is 0 Å². The minimum atomic E-state index is -0.0454. The topological polar surface area (TPSA) is 58.8 Å². The molecule has 0 saturated carbocycles. The van der Waals surface area contributed by atoms with Crippen molar-refractivity contribution in [2.24, 2.45) is 0 Å². The molecule has 0 bridgehead atoms. The average molecular weight is 377 g/mol. The highest BCUT2D eigenvalue weighted by molar-refractivity contribution is 5.99. The molecule has 0 unspecified atom stereocenters. The minimum Gasteiger partial charge on any atom is -0.497 e. The Morgan fingerprint density at radius 3 is 2.50 bits per heavy atom. The number of piperazine rings is 1. The van der Waals surface area contributed by atoms with Gasteiger partial charge in [-0.1, -0.05) is 17.3 Å². The molecule has 2 heterocycles. The lowest BCUT2D eigenvalue weighted by Gasteiger charge is -2.36. The van der Waals surface area contributed by atoms with Crippen LogP contribution in [0.3, 0.4) is 0 Å². The van der Waals surface area contributed by atoms with E-state index in [9.17, 15) is 4.79 Å². The summed E-state index contributed by atoms with van der Waals surface area (Å²) in [5.41, 5.74) is 3.75. The number of carbonyl (C=O) groups excluding carboxylic acids is 1. The molecule has 1 aromatic heterocycles. The van der Waals surface area contributed by atoms with Gasteiger partial charge in [0, 0.05) is 37.4 Å². The summed E-state index contributed by atoms with van der Waals surface area (Å²) in [7, 11) is 1.62. The molecule has 0 N–H and O–H groups in total. The van der Waals surface area contributed by atoms with Crippen LogP contribution in [-0.2, 0) is 0 Å². The van der Waals surface area contributed by atoms with Gasteiger partial charge in [-0.05, 0) is 48.9 Å². The Hall–Kier alpha value is -3.28. The van der Waals surface area contributed by atoms with Crippen LogP contribution in [0, 0.1) is 6.92 Å². The Morgan fingerprint density at radius 1 is 1.07 bits per heavy atom. The highest BCUT2D eigenvalue weighted by atomic mass is 16.5. The van der Waals surface area contributed by atoms with E-state index in [0.717, 1.165) is 24.4 Å². The van der Waals surface area contributed by atoms with Gasteiger partial charge in [-0.2, -0.15) is 0 Å². The van der Waals surface area contributed by atoms with E-state index >= 15 is 0 Å². The van der Waals surface area contributed by atoms with Crippen LogP contribution in [0.1, 0.15) is 15.9 Å². The second kappa shape index (κ2) is 7.76. The van der Waals surface area contributed by atoms with E-state index in [1.807, 2.05) is 29.2 Å². The Balaban J connectivity index is 1.47. The van der Waals surface area contributed by atoms with Gasteiger partial charge in [0.15, 0.2) is 5.76 Å². The summed E-state index contributed by atoms with van der Waals surface area (Å²) in [6.07, 6.45) is 1.51. The predicted octanol–water partition coefficient (Wildman–Crippen LogP) is 3.62. The number of carbonyl (C=O) groups is 1. The number of hydrogen-bond acceptors (Lipinski definition) is 5. The smallest absolute Gasteiger partial charge is 0.259 e. The molecule has 2 aromatic carbocycles. The predicted molar refractivity (Wildman–Crippen MR) is 108 cm³/mol. The second-order valence-electron chi connectivity index (χ2n) is 6.92. The summed E-state index contributed by atoms with van der Waals surface area (Å²) in [5, 5.41) is 3.87. The molecule has 144 valence electrons. The highest BCUT2D eigenvalue weighted by Crippen LogP contribution is 2.27. The maximum Gasteiger partial charge on any atom is 0.259 e. The first-order valence-corrected chi connectivity index (χ1v) is 9.35. The summed E-state index contributed by atoms with van der Waals surface area (Å²) >= 11 is 0. The van der Waals surface area contributed by atoms with Crippen molar-refractivity contribution < 1.29 is 14.1 Å². The van der Waals surface area contributed by atoms with Crippen LogP contribution in [-0.4, -0.2) is 49.3 Å². The van der Waals surface area contributed by atoms with Gasteiger partial charge in [0.25, 0.3) is 5.91 Å². The van der Waals surface area contributed by atoms with Gasteiger partial charge in [-0.3, -0.25) is 4.79 Å². The van der Waals surface area contributed by atoms with Crippen LogP contribution in [0.15, 0.2) is 59.3 Å². The van der Waals surface area contributed by atoms with Crippen molar-refractivity contribution >= 4 is 11.6 Å². The van der Waals surface area contributed by atoms with Crippen LogP contribution in [0.25, 0.3) is 11.3 Å². The molecular formula is C22H23N3O3. The number of benzene rings is 2. The summed E-state index contributed by atoms with van der Waals surface area (Å²) < 4.78 is 10.6. The van der Waals surface area contributed by atoms with Gasteiger partial charge < -0.3 is 19.1 Å². The van der Waals surface area contributed by atoms with Gasteiger partial charge in [0.05, 0.1) is 13.3 Å². The molecule has 28 heavy (non-hydrogen) atoms. The van der Waals surface area contributed by atoms with Crippen LogP contribution in [0.4, 0.5) is 5.69 Å². The number of nitrogens with zero attached hydrogens (tertiary/aromatic N) is 3. The zero-order valence-corrected chi connectivity index (χ0v) is 16.1. The first-order valence-electron chi connectivity index (χ1n) is 9.35. The summed E-state index contributed by atoms with van der Waals surface area (Å²) in [6, 6.07) is 15.9. The molecule has 6 heteroatoms. The first kappa shape index (κ1) is 18.1. The van der Waals surface area contributed by atoms with Crippen LogP contribution >= 0.6 is 0 Å². The van der Waals surface area contributed by atoms with E-state index in [-0.39, 0.29) is 5.91 Å². The maximum absolute atomic E-state index is 13.1. The van der Waals surface area contributed by atoms with Crippen molar-refractivity contribution in [2.45, 2.75) is 6.92 Å². The summed E-state index contributed by atoms with van der Waals surface area (Å²) in [5.74, 6) is 1.20. The summed E-state index contributed by atoms with van der Waals surface area (Å²) in [6.45, 7) is 5.03. The van der Waals surface area contributed by atoms with Gasteiger partial charge in [0.2, 0.25) is 0 Å². The van der Waals surface area contributed by atoms with E-state index in [1.54, 1.807) is 7.11 Å². The third-order valence-electron chi connectivity index (χ3n) is 5.09. The molecule has 0 spiro atoms. The monoisotopic (exact) mass is 377 g/mol. The molecule has 1 aliphatic rings. The third-order valence-corrected chi connectivity index (χ3v) is 5.09. The maximum atomic E-state index is 13.1. The fraction of sp³-hybridized carbons (Fsp3) is 0.273. The number of rotatable bonds is 4. The largest absolute Gasteiger partial charge is 0.497 e. The van der Waals surface area contributed by atoms with E-state index in [1.165, 1.54) is 17.4 Å². The Labute approximate surface area is 164 Å². The fourth-order valence-electron chi connectivity index (χ4n) is 3.51. The van der Waals surface area contributed by atoms with Crippen molar-refractivity contribution in [1.82, 2.24) is 10.1 Å². The van der Waals surface area contributed by atoms with Gasteiger partial charge in [-0.25, -0.2) is 0 Å². The third kappa shape index (κ3) is 3.58. The molecule has 3 aromatic rings. The number of amides is 1. The number of aromatic nitrogens is 1. The molecule has 0 aliphatic carbocycles. The Kier molecular flexibility index (Phi) is 5.02. The molecule has 1 saturated heterocycles. The highest BCUT2D eigenvalue weighted by Gasteiger charge is 2.26. The minimum absolute atomic E-state index is 0.0454. The van der Waals surface area contributed by atoms with Gasteiger partial charge in [0.1, 0.15) is 11.3 Å². The van der Waals surface area contributed by atoms with Crippen LogP contribution in [0.5, 0.6) is 5.75 Å². The standard InChI is InChI=1S/C22H23N3O3/c1-16-4-3-5-18(14-16)24-10-12-25(13-11-24)22(26)20-15-23-28-21(20)17-6-8-19(27-2)9-7-17/h3-9,14-15H,10-13H2,1-2H3. The normalized spacial score (nSPS) is 14.2. The zero-order valence-electron chi connectivity index (χ0n) is 16.1. The lowest BCUT2D eigenvalue weighted by atomic mass is 10.1. The fourth-order valence-corrected chi connectivity index (χ4v) is 3.51. The van der Waals surface area contributed by atoms with Crippen molar-refractivity contribution in [3.63, 3.8) is 0 Å². The lowest BCUT2D eigenvalue weighted by molar-refractivity contribution is 0.0747. The molecule has 6 nitrogen and oxygen atoms in total. The van der Waals surface area contributed by atoms with Crippen molar-refractivity contribution in [1.29, 1.82) is 0 Å². The number of ether oxygens (including phenoxy) is 1. The molecule has 0 radical (unpaired) electrons. The van der Waals surface area contributed by atoms with Crippen LogP contribution < -0.4 is 9.64 Å². The quantitative estimate of drug-likeness (QED) is 0.695. The second-order valence-corrected chi connectivity index (χ2v) is 6.92. The van der Waals surface area contributed by atoms with Gasteiger partial charge in [-0.15, -0.1) is 0 Å². The first-order chi connectivity index (χ1) is 13.7. The number of methoxy groups -OCH3 is 1. The van der Waals surface area contributed by atoms with E-state index in [0.29, 0.717) is 24.4 Å². The number of hydrogen-bond donors (Lipinski definition) is 0. The van der Waals surface area contributed by atoms with E-state index in [4.69, 9.17) is 9.26 Å². The SMILES string of the molecule is COc1ccc(-c2oncc2C(=O)N2CCN(c3cccc(C)c3)CC2)cc1.